The third-order valence-electron chi connectivity index (χ3n) is 2.76. The lowest BCUT2D eigenvalue weighted by Crippen LogP contribution is -2.54. The largest absolute Gasteiger partial charge is 0.416 e. The SMILES string of the molecule is CC1CC(=O)N(c2ccc(C(F)(F)F)cc2)C(=O)N1. The first-order valence-electron chi connectivity index (χ1n) is 5.60. The van der Waals surface area contributed by atoms with Crippen molar-refractivity contribution in [2.24, 2.45) is 0 Å². The minimum absolute atomic E-state index is 0.118. The molecule has 1 atom stereocenters. The molecule has 0 saturated carbocycles. The molecule has 1 unspecified atom stereocenters. The fourth-order valence-corrected chi connectivity index (χ4v) is 1.85. The highest BCUT2D eigenvalue weighted by Crippen LogP contribution is 2.31. The van der Waals surface area contributed by atoms with E-state index in [0.29, 0.717) is 0 Å². The molecule has 19 heavy (non-hydrogen) atoms. The highest BCUT2D eigenvalue weighted by molar-refractivity contribution is 6.16. The maximum Gasteiger partial charge on any atom is 0.416 e. The number of benzene rings is 1. The van der Waals surface area contributed by atoms with E-state index in [9.17, 15) is 22.8 Å². The van der Waals surface area contributed by atoms with Gasteiger partial charge in [0.05, 0.1) is 11.3 Å². The molecular formula is C12H11F3N2O2. The van der Waals surface area contributed by atoms with Gasteiger partial charge in [-0.2, -0.15) is 13.2 Å². The molecule has 2 rings (SSSR count). The fourth-order valence-electron chi connectivity index (χ4n) is 1.85. The molecule has 1 aromatic carbocycles. The van der Waals surface area contributed by atoms with Crippen LogP contribution in [0.5, 0.6) is 0 Å². The number of hydrogen-bond acceptors (Lipinski definition) is 2. The van der Waals surface area contributed by atoms with Gasteiger partial charge in [0.1, 0.15) is 0 Å². The van der Waals surface area contributed by atoms with Gasteiger partial charge in [0.2, 0.25) is 5.91 Å². The molecule has 0 aliphatic carbocycles. The molecule has 4 nitrogen and oxygen atoms in total. The molecule has 102 valence electrons. The predicted molar refractivity (Wildman–Crippen MR) is 61.5 cm³/mol. The van der Waals surface area contributed by atoms with Crippen LogP contribution >= 0.6 is 0 Å². The van der Waals surface area contributed by atoms with E-state index in [0.717, 1.165) is 29.2 Å². The van der Waals surface area contributed by atoms with Crippen LogP contribution in [0.2, 0.25) is 0 Å². The summed E-state index contributed by atoms with van der Waals surface area (Å²) in [4.78, 5) is 24.3. The van der Waals surface area contributed by atoms with Crippen molar-refractivity contribution in [3.63, 3.8) is 0 Å². The second-order valence-electron chi connectivity index (χ2n) is 4.33. The Kier molecular flexibility index (Phi) is 3.21. The van der Waals surface area contributed by atoms with Crippen molar-refractivity contribution < 1.29 is 22.8 Å². The van der Waals surface area contributed by atoms with E-state index in [2.05, 4.69) is 5.32 Å². The second kappa shape index (κ2) is 4.56. The maximum absolute atomic E-state index is 12.4. The summed E-state index contributed by atoms with van der Waals surface area (Å²) in [5.41, 5.74) is -0.697. The Labute approximate surface area is 107 Å². The number of rotatable bonds is 1. The number of alkyl halides is 3. The molecule has 0 aromatic heterocycles. The average Bonchev–Trinajstić information content (AvgIpc) is 2.27. The first kappa shape index (κ1) is 13.4. The Balaban J connectivity index is 2.27. The molecule has 1 saturated heterocycles. The summed E-state index contributed by atoms with van der Waals surface area (Å²) in [6.45, 7) is 1.68. The van der Waals surface area contributed by atoms with E-state index in [1.807, 2.05) is 0 Å². The standard InChI is InChI=1S/C12H11F3N2O2/c1-7-6-10(18)17(11(19)16-7)9-4-2-8(3-5-9)12(13,14)15/h2-5,7H,6H2,1H3,(H,16,19). The second-order valence-corrected chi connectivity index (χ2v) is 4.33. The van der Waals surface area contributed by atoms with Crippen LogP contribution in [0.15, 0.2) is 24.3 Å². The highest BCUT2D eigenvalue weighted by atomic mass is 19.4. The number of urea groups is 1. The molecule has 1 N–H and O–H groups in total. The third-order valence-corrected chi connectivity index (χ3v) is 2.76. The van der Waals surface area contributed by atoms with E-state index < -0.39 is 23.7 Å². The van der Waals surface area contributed by atoms with Gasteiger partial charge in [-0.05, 0) is 31.2 Å². The van der Waals surface area contributed by atoms with Gasteiger partial charge in [0.25, 0.3) is 0 Å². The fraction of sp³-hybridized carbons (Fsp3) is 0.333. The Bertz CT molecular complexity index is 493. The van der Waals surface area contributed by atoms with Crippen molar-refractivity contribution >= 4 is 17.6 Å². The predicted octanol–water partition coefficient (Wildman–Crippen LogP) is 2.54. The van der Waals surface area contributed by atoms with Gasteiger partial charge in [-0.1, -0.05) is 0 Å². The minimum atomic E-state index is -4.44. The number of carbonyl (C=O) groups excluding carboxylic acids is 2. The van der Waals surface area contributed by atoms with Crippen LogP contribution < -0.4 is 10.2 Å². The number of halogens is 3. The van der Waals surface area contributed by atoms with E-state index in [-0.39, 0.29) is 18.2 Å². The maximum atomic E-state index is 12.4. The molecule has 1 aliphatic heterocycles. The number of nitrogens with one attached hydrogen (secondary N) is 1. The first-order chi connectivity index (χ1) is 8.79. The van der Waals surface area contributed by atoms with Gasteiger partial charge in [0.15, 0.2) is 0 Å². The van der Waals surface area contributed by atoms with Crippen molar-refractivity contribution in [3.8, 4) is 0 Å². The molecular weight excluding hydrogens is 261 g/mol. The van der Waals surface area contributed by atoms with Crippen LogP contribution in [-0.4, -0.2) is 18.0 Å². The zero-order valence-electron chi connectivity index (χ0n) is 9.99. The van der Waals surface area contributed by atoms with E-state index in [1.54, 1.807) is 6.92 Å². The number of nitrogens with zero attached hydrogens (tertiary/aromatic N) is 1. The van der Waals surface area contributed by atoms with Crippen LogP contribution in [-0.2, 0) is 11.0 Å². The van der Waals surface area contributed by atoms with Crippen molar-refractivity contribution in [3.05, 3.63) is 29.8 Å². The molecule has 0 spiro atoms. The lowest BCUT2D eigenvalue weighted by atomic mass is 10.1. The molecule has 3 amide bonds. The van der Waals surface area contributed by atoms with Gasteiger partial charge >= 0.3 is 12.2 Å². The number of anilines is 1. The molecule has 0 radical (unpaired) electrons. The van der Waals surface area contributed by atoms with Gasteiger partial charge in [-0.25, -0.2) is 9.69 Å². The van der Waals surface area contributed by atoms with Crippen molar-refractivity contribution in [2.75, 3.05) is 4.90 Å². The number of imide groups is 1. The number of amides is 3. The lowest BCUT2D eigenvalue weighted by molar-refractivity contribution is -0.137. The summed E-state index contributed by atoms with van der Waals surface area (Å²) >= 11 is 0. The molecule has 1 aromatic rings. The highest BCUT2D eigenvalue weighted by Gasteiger charge is 2.33. The normalized spacial score (nSPS) is 20.4. The van der Waals surface area contributed by atoms with E-state index in [4.69, 9.17) is 0 Å². The van der Waals surface area contributed by atoms with Gasteiger partial charge in [0, 0.05) is 12.5 Å². The van der Waals surface area contributed by atoms with E-state index >= 15 is 0 Å². The third kappa shape index (κ3) is 2.69. The molecule has 0 bridgehead atoms. The average molecular weight is 272 g/mol. The zero-order valence-corrected chi connectivity index (χ0v) is 9.99. The summed E-state index contributed by atoms with van der Waals surface area (Å²) in [5, 5.41) is 2.55. The van der Waals surface area contributed by atoms with Crippen molar-refractivity contribution in [1.29, 1.82) is 0 Å². The van der Waals surface area contributed by atoms with Crippen LogP contribution in [0.4, 0.5) is 23.7 Å². The molecule has 7 heteroatoms. The Hall–Kier alpha value is -2.05. The minimum Gasteiger partial charge on any atom is -0.334 e. The Morgan fingerprint density at radius 2 is 1.79 bits per heavy atom. The summed E-state index contributed by atoms with van der Waals surface area (Å²) < 4.78 is 37.2. The van der Waals surface area contributed by atoms with Gasteiger partial charge in [-0.3, -0.25) is 4.79 Å². The van der Waals surface area contributed by atoms with Gasteiger partial charge < -0.3 is 5.32 Å². The van der Waals surface area contributed by atoms with Crippen LogP contribution in [0.3, 0.4) is 0 Å². The summed E-state index contributed by atoms with van der Waals surface area (Å²) in [5.74, 6) is -0.434. The summed E-state index contributed by atoms with van der Waals surface area (Å²) in [6.07, 6.45) is -4.33. The number of carbonyl (C=O) groups is 2. The topological polar surface area (TPSA) is 49.4 Å². The smallest absolute Gasteiger partial charge is 0.334 e. The Morgan fingerprint density at radius 1 is 1.21 bits per heavy atom. The van der Waals surface area contributed by atoms with Crippen molar-refractivity contribution in [1.82, 2.24) is 5.32 Å². The van der Waals surface area contributed by atoms with Crippen LogP contribution in [0, 0.1) is 0 Å². The lowest BCUT2D eigenvalue weighted by Gasteiger charge is -2.29. The van der Waals surface area contributed by atoms with Crippen LogP contribution in [0.25, 0.3) is 0 Å². The number of hydrogen-bond donors (Lipinski definition) is 1. The van der Waals surface area contributed by atoms with Crippen molar-refractivity contribution in [2.45, 2.75) is 25.6 Å². The molecule has 1 fully saturated rings. The summed E-state index contributed by atoms with van der Waals surface area (Å²) in [7, 11) is 0. The summed E-state index contributed by atoms with van der Waals surface area (Å²) in [6, 6.07) is 3.00. The van der Waals surface area contributed by atoms with Gasteiger partial charge in [-0.15, -0.1) is 0 Å². The molecule has 1 aliphatic rings. The Morgan fingerprint density at radius 3 is 2.26 bits per heavy atom. The van der Waals surface area contributed by atoms with Crippen LogP contribution in [0.1, 0.15) is 18.9 Å². The quantitative estimate of drug-likeness (QED) is 0.854. The first-order valence-corrected chi connectivity index (χ1v) is 5.60. The van der Waals surface area contributed by atoms with E-state index in [1.165, 1.54) is 0 Å². The molecule has 1 heterocycles. The zero-order chi connectivity index (χ0) is 14.2. The monoisotopic (exact) mass is 272 g/mol.